The fourth-order valence-electron chi connectivity index (χ4n) is 2.58. The Balaban J connectivity index is 0.000000732. The van der Waals surface area contributed by atoms with Gasteiger partial charge < -0.3 is 0 Å². The molecule has 1 aromatic heterocycles. The molecule has 11 heteroatoms. The molecule has 0 saturated heterocycles. The highest BCUT2D eigenvalue weighted by Gasteiger charge is 2.24. The first kappa shape index (κ1) is 29.0. The third kappa shape index (κ3) is 8.40. The van der Waals surface area contributed by atoms with Crippen LogP contribution < -0.4 is 4.72 Å². The Morgan fingerprint density at radius 1 is 1.00 bits per heavy atom. The van der Waals surface area contributed by atoms with Gasteiger partial charge in [-0.1, -0.05) is 33.6 Å². The number of unbranched alkanes of at least 4 members (excludes halogenated alkanes) is 1. The summed E-state index contributed by atoms with van der Waals surface area (Å²) in [5.74, 6) is -3.50. The van der Waals surface area contributed by atoms with Gasteiger partial charge in [-0.15, -0.1) is 0 Å². The first-order chi connectivity index (χ1) is 16.1. The second-order valence-corrected chi connectivity index (χ2v) is 8.82. The Morgan fingerprint density at radius 2 is 1.59 bits per heavy atom. The lowest BCUT2D eigenvalue weighted by molar-refractivity contribution is -0.214. The predicted molar refractivity (Wildman–Crippen MR) is 127 cm³/mol. The van der Waals surface area contributed by atoms with E-state index in [1.54, 1.807) is 6.92 Å². The fourth-order valence-corrected chi connectivity index (χ4v) is 3.71. The van der Waals surface area contributed by atoms with Gasteiger partial charge in [0.15, 0.2) is 11.6 Å². The molecule has 0 radical (unpaired) electrons. The third-order valence-electron chi connectivity index (χ3n) is 4.29. The molecule has 0 fully saturated rings. The van der Waals surface area contributed by atoms with Crippen LogP contribution in [0.3, 0.4) is 0 Å². The van der Waals surface area contributed by atoms with E-state index < -0.39 is 38.7 Å². The van der Waals surface area contributed by atoms with Crippen LogP contribution in [-0.4, -0.2) is 42.3 Å². The van der Waals surface area contributed by atoms with Crippen LogP contribution in [0.25, 0.3) is 11.0 Å². The molecular formula is C23H29F2N3O5S. The normalized spacial score (nSPS) is 10.6. The van der Waals surface area contributed by atoms with Crippen molar-refractivity contribution in [2.75, 3.05) is 17.6 Å². The molecule has 8 nitrogen and oxygen atoms in total. The summed E-state index contributed by atoms with van der Waals surface area (Å²) >= 11 is 0. The topological polar surface area (TPSA) is 118 Å². The van der Waals surface area contributed by atoms with Crippen molar-refractivity contribution in [1.29, 1.82) is 0 Å². The molecule has 0 saturated carbocycles. The first-order valence-corrected chi connectivity index (χ1v) is 12.2. The van der Waals surface area contributed by atoms with E-state index in [9.17, 15) is 22.0 Å². The van der Waals surface area contributed by atoms with Crippen LogP contribution in [0.4, 0.5) is 14.5 Å². The number of rotatable bonds is 7. The van der Waals surface area contributed by atoms with Crippen LogP contribution >= 0.6 is 0 Å². The molecule has 3 rings (SSSR count). The highest BCUT2D eigenvalue weighted by Crippen LogP contribution is 2.25. The predicted octanol–water partition coefficient (Wildman–Crippen LogP) is 5.20. The molecule has 2 aromatic carbocycles. The molecule has 0 atom stereocenters. The maximum atomic E-state index is 14.7. The number of carbonyl (C=O) groups is 1. The Kier molecular flexibility index (Phi) is 12.2. The summed E-state index contributed by atoms with van der Waals surface area (Å²) in [5.41, 5.74) is -0.391. The number of hydrogen-bond donors (Lipinski definition) is 2. The van der Waals surface area contributed by atoms with Crippen molar-refractivity contribution < 1.29 is 32.1 Å². The zero-order valence-electron chi connectivity index (χ0n) is 19.5. The summed E-state index contributed by atoms with van der Waals surface area (Å²) in [4.78, 5) is 24.0. The van der Waals surface area contributed by atoms with Gasteiger partial charge in [0.1, 0.15) is 5.82 Å². The van der Waals surface area contributed by atoms with Crippen molar-refractivity contribution in [2.24, 2.45) is 0 Å². The molecular weight excluding hydrogens is 468 g/mol. The number of ketones is 1. The highest BCUT2D eigenvalue weighted by molar-refractivity contribution is 7.92. The van der Waals surface area contributed by atoms with Gasteiger partial charge in [-0.2, -0.15) is 0 Å². The lowest BCUT2D eigenvalue weighted by Gasteiger charge is -2.11. The van der Waals surface area contributed by atoms with Crippen molar-refractivity contribution in [3.05, 3.63) is 65.5 Å². The summed E-state index contributed by atoms with van der Waals surface area (Å²) in [7, 11) is -2.62. The molecule has 3 aromatic rings. The molecule has 186 valence electrons. The molecule has 0 unspecified atom stereocenters. The summed E-state index contributed by atoms with van der Waals surface area (Å²) in [5, 5.41) is 7.07. The molecule has 1 heterocycles. The number of sulfonamides is 1. The van der Waals surface area contributed by atoms with Gasteiger partial charge in [-0.25, -0.2) is 22.1 Å². The second-order valence-electron chi connectivity index (χ2n) is 6.98. The Labute approximate surface area is 198 Å². The Bertz CT molecular complexity index is 1190. The number of hydrogen-bond acceptors (Lipinski definition) is 7. The number of nitrogens with one attached hydrogen (secondary N) is 1. The quantitative estimate of drug-likeness (QED) is 0.261. The van der Waals surface area contributed by atoms with E-state index in [-0.39, 0.29) is 11.3 Å². The van der Waals surface area contributed by atoms with Crippen LogP contribution in [-0.2, 0) is 14.9 Å². The van der Waals surface area contributed by atoms with Crippen LogP contribution in [0.5, 0.6) is 0 Å². The highest BCUT2D eigenvalue weighted by atomic mass is 32.2. The van der Waals surface area contributed by atoms with Gasteiger partial charge in [0.25, 0.3) is 0 Å². The number of aromatic nitrogens is 2. The number of benzene rings is 2. The summed E-state index contributed by atoms with van der Waals surface area (Å²) in [6, 6.07) is 6.06. The van der Waals surface area contributed by atoms with Crippen LogP contribution in [0.2, 0.25) is 0 Å². The molecule has 0 bridgehead atoms. The van der Waals surface area contributed by atoms with E-state index in [0.29, 0.717) is 17.5 Å². The van der Waals surface area contributed by atoms with E-state index in [1.165, 1.54) is 50.5 Å². The van der Waals surface area contributed by atoms with E-state index >= 15 is 0 Å². The van der Waals surface area contributed by atoms with Gasteiger partial charge >= 0.3 is 0 Å². The number of carbonyl (C=O) groups excluding carboxylic acids is 1. The molecule has 0 aliphatic heterocycles. The van der Waals surface area contributed by atoms with Crippen molar-refractivity contribution in [3.8, 4) is 0 Å². The van der Waals surface area contributed by atoms with Gasteiger partial charge in [0, 0.05) is 18.0 Å². The molecule has 2 N–H and O–H groups in total. The maximum absolute atomic E-state index is 14.7. The molecule has 0 amide bonds. The van der Waals surface area contributed by atoms with Crippen molar-refractivity contribution >= 4 is 32.5 Å². The monoisotopic (exact) mass is 497 g/mol. The summed E-state index contributed by atoms with van der Waals surface area (Å²) in [6.45, 7) is 6.01. The fraction of sp³-hybridized carbons (Fsp3) is 0.348. The van der Waals surface area contributed by atoms with Gasteiger partial charge in [0.2, 0.25) is 10.0 Å². The minimum Gasteiger partial charge on any atom is -0.288 e. The molecule has 0 aliphatic rings. The summed E-state index contributed by atoms with van der Waals surface area (Å²) < 4.78 is 54.7. The number of fused-ring (bicyclic) bond motifs is 1. The standard InChI is InChI=1S/C18H15F2N3O3S.C4H10.CH4O2/c1-2-9-27(25,26)23-14-6-4-12(19)16(17(14)20)18(24)11-3-5-13-15(10-11)22-8-7-21-13;1-3-4-2;1-3-2/h3-8,10,23H,2,9H2,1H3;3-4H2,1-2H3;2H,1H3. The maximum Gasteiger partial charge on any atom is 0.232 e. The zero-order valence-corrected chi connectivity index (χ0v) is 20.3. The van der Waals surface area contributed by atoms with Gasteiger partial charge in [0.05, 0.1) is 35.1 Å². The van der Waals surface area contributed by atoms with Crippen LogP contribution in [0.15, 0.2) is 42.7 Å². The first-order valence-electron chi connectivity index (χ1n) is 10.6. The van der Waals surface area contributed by atoms with E-state index in [1.807, 2.05) is 4.72 Å². The van der Waals surface area contributed by atoms with E-state index in [0.717, 1.165) is 12.1 Å². The average Bonchev–Trinajstić information content (AvgIpc) is 2.81. The van der Waals surface area contributed by atoms with Gasteiger partial charge in [-0.3, -0.25) is 24.7 Å². The average molecular weight is 498 g/mol. The SMILES string of the molecule is CCCC.CCCS(=O)(=O)Nc1ccc(F)c(C(=O)c2ccc3nccnc3c2)c1F.COO. The molecule has 0 aliphatic carbocycles. The summed E-state index contributed by atoms with van der Waals surface area (Å²) in [6.07, 6.45) is 5.87. The van der Waals surface area contributed by atoms with Gasteiger partial charge in [-0.05, 0) is 36.8 Å². The van der Waals surface area contributed by atoms with E-state index in [4.69, 9.17) is 5.26 Å². The largest absolute Gasteiger partial charge is 0.288 e. The van der Waals surface area contributed by atoms with Crippen molar-refractivity contribution in [3.63, 3.8) is 0 Å². The van der Waals surface area contributed by atoms with Crippen molar-refractivity contribution in [2.45, 2.75) is 40.0 Å². The Morgan fingerprint density at radius 3 is 2.15 bits per heavy atom. The van der Waals surface area contributed by atoms with Crippen molar-refractivity contribution in [1.82, 2.24) is 9.97 Å². The van der Waals surface area contributed by atoms with Crippen LogP contribution in [0.1, 0.15) is 56.0 Å². The molecule has 34 heavy (non-hydrogen) atoms. The lowest BCUT2D eigenvalue weighted by Crippen LogP contribution is -2.18. The number of nitrogens with zero attached hydrogens (tertiary/aromatic N) is 2. The second kappa shape index (κ2) is 14.3. The van der Waals surface area contributed by atoms with Crippen LogP contribution in [0, 0.1) is 11.6 Å². The van der Waals surface area contributed by atoms with E-state index in [2.05, 4.69) is 28.7 Å². The number of anilines is 1. The Hall–Kier alpha value is -3.02. The third-order valence-corrected chi connectivity index (χ3v) is 5.76. The smallest absolute Gasteiger partial charge is 0.232 e. The minimum absolute atomic E-state index is 0.00867. The zero-order chi connectivity index (χ0) is 25.7. The lowest BCUT2D eigenvalue weighted by atomic mass is 10.0. The molecule has 0 spiro atoms. The minimum atomic E-state index is -3.80. The number of halogens is 2.